The quantitative estimate of drug-likeness (QED) is 0.749. The molecular weight excluding hydrogens is 342 g/mol. The molecule has 140 valence electrons. The molecule has 0 bridgehead atoms. The Kier molecular flexibility index (Phi) is 6.49. The fraction of sp³-hybridized carbons (Fsp3) is 0.500. The van der Waals surface area contributed by atoms with Gasteiger partial charge in [-0.3, -0.25) is 4.79 Å². The van der Waals surface area contributed by atoms with E-state index in [-0.39, 0.29) is 11.5 Å². The summed E-state index contributed by atoms with van der Waals surface area (Å²) in [6, 6.07) is 14.5. The fourth-order valence-corrected chi connectivity index (χ4v) is 4.61. The lowest BCUT2D eigenvalue weighted by molar-refractivity contribution is -0.0830. The zero-order valence-corrected chi connectivity index (χ0v) is 16.6. The number of nitrogens with one attached hydrogen (secondary N) is 1. The van der Waals surface area contributed by atoms with E-state index in [0.717, 1.165) is 43.7 Å². The van der Waals surface area contributed by atoms with Crippen molar-refractivity contribution in [1.82, 2.24) is 5.32 Å². The molecule has 0 radical (unpaired) electrons. The number of hydrogen-bond donors (Lipinski definition) is 1. The van der Waals surface area contributed by atoms with Gasteiger partial charge in [0.05, 0.1) is 10.5 Å². The van der Waals surface area contributed by atoms with Crippen LogP contribution in [0.15, 0.2) is 47.8 Å². The van der Waals surface area contributed by atoms with Crippen LogP contribution in [0.3, 0.4) is 0 Å². The topological polar surface area (TPSA) is 38.3 Å². The Morgan fingerprint density at radius 3 is 2.77 bits per heavy atom. The molecule has 2 heterocycles. The van der Waals surface area contributed by atoms with Crippen LogP contribution < -0.4 is 5.32 Å². The van der Waals surface area contributed by atoms with Crippen molar-refractivity contribution in [2.75, 3.05) is 13.2 Å². The van der Waals surface area contributed by atoms with Gasteiger partial charge in [-0.15, -0.1) is 11.3 Å². The van der Waals surface area contributed by atoms with Crippen molar-refractivity contribution in [3.05, 3.63) is 58.3 Å². The van der Waals surface area contributed by atoms with Crippen molar-refractivity contribution in [1.29, 1.82) is 0 Å². The highest BCUT2D eigenvalue weighted by atomic mass is 32.1. The molecule has 0 aliphatic carbocycles. The van der Waals surface area contributed by atoms with Crippen molar-refractivity contribution in [2.45, 2.75) is 45.1 Å². The number of thiophene rings is 1. The second-order valence-electron chi connectivity index (χ2n) is 7.83. The van der Waals surface area contributed by atoms with Crippen molar-refractivity contribution >= 4 is 17.2 Å². The molecule has 0 saturated carbocycles. The summed E-state index contributed by atoms with van der Waals surface area (Å²) in [6.07, 6.45) is 4.27. The summed E-state index contributed by atoms with van der Waals surface area (Å²) < 4.78 is 5.92. The molecule has 1 fully saturated rings. The number of ether oxygens (including phenoxy) is 1. The third-order valence-corrected chi connectivity index (χ3v) is 6.16. The second kappa shape index (κ2) is 8.83. The number of carbonyl (C=O) groups is 1. The summed E-state index contributed by atoms with van der Waals surface area (Å²) in [5.74, 6) is 1.24. The first kappa shape index (κ1) is 19.1. The van der Waals surface area contributed by atoms with Gasteiger partial charge in [-0.25, -0.2) is 0 Å². The normalized spacial score (nSPS) is 20.5. The van der Waals surface area contributed by atoms with Gasteiger partial charge in [0.2, 0.25) is 0 Å². The largest absolute Gasteiger partial charge is 0.376 e. The molecule has 0 unspecified atom stereocenters. The molecule has 2 atom stereocenters. The predicted molar refractivity (Wildman–Crippen MR) is 108 cm³/mol. The third kappa shape index (κ3) is 5.42. The maximum absolute atomic E-state index is 12.2. The van der Waals surface area contributed by atoms with Gasteiger partial charge in [-0.2, -0.15) is 0 Å². The molecular formula is C22H29NO2S. The SMILES string of the molecule is CC1(C)C[C@H]([C@H](CCNC(=O)c2cccs2)Cc2ccccc2)CCO1. The van der Waals surface area contributed by atoms with Gasteiger partial charge >= 0.3 is 0 Å². The van der Waals surface area contributed by atoms with E-state index in [2.05, 4.69) is 49.5 Å². The molecule has 1 aromatic heterocycles. The summed E-state index contributed by atoms with van der Waals surface area (Å²) in [6.45, 7) is 5.95. The van der Waals surface area contributed by atoms with Crippen molar-refractivity contribution in [3.8, 4) is 0 Å². The van der Waals surface area contributed by atoms with E-state index < -0.39 is 0 Å². The average Bonchev–Trinajstić information content (AvgIpc) is 3.15. The highest BCUT2D eigenvalue weighted by Gasteiger charge is 2.33. The zero-order chi connectivity index (χ0) is 18.4. The van der Waals surface area contributed by atoms with Crippen molar-refractivity contribution in [2.24, 2.45) is 11.8 Å². The molecule has 4 heteroatoms. The number of amides is 1. The van der Waals surface area contributed by atoms with E-state index in [9.17, 15) is 4.79 Å². The maximum atomic E-state index is 12.2. The summed E-state index contributed by atoms with van der Waals surface area (Å²) in [5, 5.41) is 5.04. The molecule has 3 nitrogen and oxygen atoms in total. The highest BCUT2D eigenvalue weighted by Crippen LogP contribution is 2.36. The Morgan fingerprint density at radius 2 is 2.08 bits per heavy atom. The Morgan fingerprint density at radius 1 is 1.27 bits per heavy atom. The van der Waals surface area contributed by atoms with Crippen LogP contribution in [0.4, 0.5) is 0 Å². The highest BCUT2D eigenvalue weighted by molar-refractivity contribution is 7.12. The first-order chi connectivity index (χ1) is 12.5. The number of hydrogen-bond acceptors (Lipinski definition) is 3. The Labute approximate surface area is 160 Å². The fourth-order valence-electron chi connectivity index (χ4n) is 3.97. The van der Waals surface area contributed by atoms with E-state index in [1.165, 1.54) is 16.9 Å². The second-order valence-corrected chi connectivity index (χ2v) is 8.78. The Balaban J connectivity index is 1.61. The van der Waals surface area contributed by atoms with Crippen LogP contribution >= 0.6 is 11.3 Å². The van der Waals surface area contributed by atoms with Gasteiger partial charge in [0.15, 0.2) is 0 Å². The molecule has 1 saturated heterocycles. The Bertz CT molecular complexity index is 681. The summed E-state index contributed by atoms with van der Waals surface area (Å²) >= 11 is 1.49. The lowest BCUT2D eigenvalue weighted by atomic mass is 9.75. The molecule has 1 amide bonds. The van der Waals surface area contributed by atoms with Gasteiger partial charge in [0.25, 0.3) is 5.91 Å². The molecule has 1 aliphatic heterocycles. The average molecular weight is 372 g/mol. The first-order valence-corrected chi connectivity index (χ1v) is 10.4. The summed E-state index contributed by atoms with van der Waals surface area (Å²) in [5.41, 5.74) is 1.34. The van der Waals surface area contributed by atoms with Crippen LogP contribution in [0.25, 0.3) is 0 Å². The first-order valence-electron chi connectivity index (χ1n) is 9.53. The molecule has 2 aromatic rings. The lowest BCUT2D eigenvalue weighted by Gasteiger charge is -2.39. The van der Waals surface area contributed by atoms with Gasteiger partial charge < -0.3 is 10.1 Å². The monoisotopic (exact) mass is 371 g/mol. The van der Waals surface area contributed by atoms with Gasteiger partial charge in [0.1, 0.15) is 0 Å². The van der Waals surface area contributed by atoms with E-state index in [1.807, 2.05) is 17.5 Å². The number of benzene rings is 1. The van der Waals surface area contributed by atoms with Crippen molar-refractivity contribution < 1.29 is 9.53 Å². The van der Waals surface area contributed by atoms with Gasteiger partial charge in [-0.05, 0) is 68.4 Å². The van der Waals surface area contributed by atoms with E-state index in [1.54, 1.807) is 0 Å². The molecule has 0 spiro atoms. The third-order valence-electron chi connectivity index (χ3n) is 5.29. The maximum Gasteiger partial charge on any atom is 0.261 e. The Hall–Kier alpha value is -1.65. The number of carbonyl (C=O) groups excluding carboxylic acids is 1. The van der Waals surface area contributed by atoms with Crippen LogP contribution in [-0.4, -0.2) is 24.7 Å². The van der Waals surface area contributed by atoms with Gasteiger partial charge in [-0.1, -0.05) is 36.4 Å². The van der Waals surface area contributed by atoms with E-state index >= 15 is 0 Å². The predicted octanol–water partition coefficient (Wildman–Crippen LogP) is 4.93. The standard InChI is InChI=1S/C22H29NO2S/c1-22(2)16-19(11-13-25-22)18(15-17-7-4-3-5-8-17)10-12-23-21(24)20-9-6-14-26-20/h3-9,14,18-19H,10-13,15-16H2,1-2H3,(H,23,24)/t18-,19-/m1/s1. The molecule has 1 aromatic carbocycles. The molecule has 3 rings (SSSR count). The van der Waals surface area contributed by atoms with Crippen molar-refractivity contribution in [3.63, 3.8) is 0 Å². The molecule has 1 aliphatic rings. The molecule has 26 heavy (non-hydrogen) atoms. The minimum absolute atomic E-state index is 0.0436. The van der Waals surface area contributed by atoms with Crippen LogP contribution in [0.1, 0.15) is 48.3 Å². The zero-order valence-electron chi connectivity index (χ0n) is 15.7. The van der Waals surface area contributed by atoms with E-state index in [0.29, 0.717) is 11.8 Å². The van der Waals surface area contributed by atoms with E-state index in [4.69, 9.17) is 4.74 Å². The molecule has 1 N–H and O–H groups in total. The van der Waals surface area contributed by atoms with Crippen LogP contribution in [0.2, 0.25) is 0 Å². The lowest BCUT2D eigenvalue weighted by Crippen LogP contribution is -2.38. The summed E-state index contributed by atoms with van der Waals surface area (Å²) in [4.78, 5) is 13.0. The van der Waals surface area contributed by atoms with Crippen LogP contribution in [0, 0.1) is 11.8 Å². The minimum Gasteiger partial charge on any atom is -0.376 e. The minimum atomic E-state index is -0.0436. The van der Waals surface area contributed by atoms with Crippen LogP contribution in [0.5, 0.6) is 0 Å². The van der Waals surface area contributed by atoms with Gasteiger partial charge in [0, 0.05) is 13.2 Å². The van der Waals surface area contributed by atoms with Crippen LogP contribution in [-0.2, 0) is 11.2 Å². The number of rotatable bonds is 7. The smallest absolute Gasteiger partial charge is 0.261 e. The summed E-state index contributed by atoms with van der Waals surface area (Å²) in [7, 11) is 0.